The van der Waals surface area contributed by atoms with Gasteiger partial charge in [-0.3, -0.25) is 9.59 Å². The Balaban J connectivity index is -0.000000143. The lowest BCUT2D eigenvalue weighted by molar-refractivity contribution is -0.145. The first-order valence-electron chi connectivity index (χ1n) is 3.40. The van der Waals surface area contributed by atoms with Crippen molar-refractivity contribution in [3.05, 3.63) is 0 Å². The van der Waals surface area contributed by atoms with Crippen molar-refractivity contribution in [2.75, 3.05) is 0 Å². The molecule has 78 valence electrons. The van der Waals surface area contributed by atoms with Gasteiger partial charge >= 0.3 is 11.2 Å². The molecule has 6 heteroatoms. The van der Waals surface area contributed by atoms with Gasteiger partial charge in [0.05, 0.1) is 0 Å². The molecular weight excluding hydrogens is 219 g/mol. The van der Waals surface area contributed by atoms with Crippen LogP contribution in [0.3, 0.4) is 0 Å². The molecule has 0 atom stereocenters. The smallest absolute Gasteiger partial charge is 0.388 e. The predicted octanol–water partition coefficient (Wildman–Crippen LogP) is 1.63. The molecule has 0 unspecified atom stereocenters. The number of ketones is 1. The van der Waals surface area contributed by atoms with Gasteiger partial charge in [0.2, 0.25) is 0 Å². The first kappa shape index (κ1) is 18.2. The van der Waals surface area contributed by atoms with E-state index in [-0.39, 0.29) is 12.4 Å². The fraction of sp³-hybridized carbons (Fsp3) is 0.571. The number of halogens is 2. The summed E-state index contributed by atoms with van der Waals surface area (Å²) in [4.78, 5) is 28.7. The van der Waals surface area contributed by atoms with Crippen molar-refractivity contribution < 1.29 is 19.5 Å². The lowest BCUT2D eigenvalue weighted by Gasteiger charge is -1.81. The third-order valence-corrected chi connectivity index (χ3v) is 1.12. The average Bonchev–Trinajstić information content (AvgIpc) is 2.04. The third-order valence-electron chi connectivity index (χ3n) is 0.957. The van der Waals surface area contributed by atoms with Gasteiger partial charge in [-0.2, -0.15) is 0 Å². The van der Waals surface area contributed by atoms with Crippen LogP contribution in [0, 0.1) is 0 Å². The van der Waals surface area contributed by atoms with Crippen molar-refractivity contribution in [2.45, 2.75) is 26.7 Å². The fourth-order valence-electron chi connectivity index (χ4n) is 0.250. The van der Waals surface area contributed by atoms with Gasteiger partial charge in [-0.15, -0.1) is 12.4 Å². The van der Waals surface area contributed by atoms with Crippen molar-refractivity contribution in [3.63, 3.8) is 0 Å². The molecule has 0 saturated heterocycles. The summed E-state index contributed by atoms with van der Waals surface area (Å²) >= 11 is 4.37. The quantitative estimate of drug-likeness (QED) is 0.591. The Labute approximate surface area is 87.7 Å². The second-order valence-electron chi connectivity index (χ2n) is 1.82. The van der Waals surface area contributed by atoms with E-state index in [1.807, 2.05) is 13.8 Å². The molecule has 13 heavy (non-hydrogen) atoms. The second-order valence-corrected chi connectivity index (χ2v) is 2.17. The van der Waals surface area contributed by atoms with Gasteiger partial charge in [-0.25, -0.2) is 4.79 Å². The summed E-state index contributed by atoms with van der Waals surface area (Å²) in [6.45, 7) is 3.76. The highest BCUT2D eigenvalue weighted by molar-refractivity contribution is 6.79. The molecule has 0 heterocycles. The number of carboxylic acids is 1. The van der Waals surface area contributed by atoms with Gasteiger partial charge in [0.1, 0.15) is 5.78 Å². The largest absolute Gasteiger partial charge is 0.475 e. The van der Waals surface area contributed by atoms with Crippen LogP contribution in [0.5, 0.6) is 0 Å². The van der Waals surface area contributed by atoms with Crippen molar-refractivity contribution in [1.82, 2.24) is 0 Å². The van der Waals surface area contributed by atoms with E-state index in [4.69, 9.17) is 5.11 Å². The van der Waals surface area contributed by atoms with E-state index in [1.165, 1.54) is 0 Å². The molecule has 0 rings (SSSR count). The molecule has 0 bridgehead atoms. The molecule has 0 aliphatic rings. The Kier molecular flexibility index (Phi) is 16.0. The molecule has 0 spiro atoms. The fourth-order valence-corrected chi connectivity index (χ4v) is 0.250. The number of carbonyl (C=O) groups is 3. The van der Waals surface area contributed by atoms with Crippen LogP contribution < -0.4 is 0 Å². The summed E-state index contributed by atoms with van der Waals surface area (Å²) in [5.74, 6) is -1.27. The minimum Gasteiger partial charge on any atom is -0.475 e. The number of Topliss-reactive ketones (excluding diaryl/α,β-unsaturated/α-hetero) is 1. The average molecular weight is 231 g/mol. The van der Waals surface area contributed by atoms with Crippen molar-refractivity contribution in [1.29, 1.82) is 0 Å². The van der Waals surface area contributed by atoms with Crippen LogP contribution in [0.2, 0.25) is 0 Å². The number of carbonyl (C=O) groups excluding carboxylic acids is 2. The molecule has 0 aromatic heterocycles. The Morgan fingerprint density at radius 3 is 1.38 bits per heavy atom. The molecule has 0 aliphatic heterocycles. The topological polar surface area (TPSA) is 71.4 Å². The summed E-state index contributed by atoms with van der Waals surface area (Å²) in [5.41, 5.74) is 0. The predicted molar refractivity (Wildman–Crippen MR) is 51.3 cm³/mol. The van der Waals surface area contributed by atoms with Crippen LogP contribution in [0.4, 0.5) is 0 Å². The SMILES string of the molecule is CCC(=O)CC.Cl.O=C(O)C(=O)Cl. The first-order valence-corrected chi connectivity index (χ1v) is 3.77. The van der Waals surface area contributed by atoms with Gasteiger partial charge in [0, 0.05) is 12.8 Å². The number of rotatable bonds is 3. The molecule has 0 fully saturated rings. The molecule has 0 radical (unpaired) electrons. The van der Waals surface area contributed by atoms with Crippen molar-refractivity contribution in [3.8, 4) is 0 Å². The van der Waals surface area contributed by atoms with Crippen LogP contribution in [-0.4, -0.2) is 22.1 Å². The van der Waals surface area contributed by atoms with Crippen molar-refractivity contribution >= 4 is 41.0 Å². The Morgan fingerprint density at radius 1 is 1.15 bits per heavy atom. The summed E-state index contributed by atoms with van der Waals surface area (Å²) in [7, 11) is 0. The molecule has 0 saturated carbocycles. The summed E-state index contributed by atoms with van der Waals surface area (Å²) in [5, 5.41) is 6.16. The molecule has 4 nitrogen and oxygen atoms in total. The molecule has 0 aliphatic carbocycles. The second kappa shape index (κ2) is 11.4. The van der Waals surface area contributed by atoms with E-state index in [1.54, 1.807) is 0 Å². The minimum absolute atomic E-state index is 0. The Morgan fingerprint density at radius 2 is 1.38 bits per heavy atom. The van der Waals surface area contributed by atoms with Gasteiger partial charge in [-0.1, -0.05) is 13.8 Å². The van der Waals surface area contributed by atoms with Crippen LogP contribution in [0.1, 0.15) is 26.7 Å². The van der Waals surface area contributed by atoms with Gasteiger partial charge < -0.3 is 5.11 Å². The zero-order chi connectivity index (χ0) is 10.1. The van der Waals surface area contributed by atoms with E-state index in [9.17, 15) is 14.4 Å². The number of hydrogen-bond donors (Lipinski definition) is 1. The molecule has 0 amide bonds. The zero-order valence-corrected chi connectivity index (χ0v) is 8.94. The van der Waals surface area contributed by atoms with Crippen molar-refractivity contribution in [2.24, 2.45) is 0 Å². The summed E-state index contributed by atoms with van der Waals surface area (Å²) < 4.78 is 0. The summed E-state index contributed by atoms with van der Waals surface area (Å²) in [6, 6.07) is 0. The van der Waals surface area contributed by atoms with Gasteiger partial charge in [0.15, 0.2) is 0 Å². The lowest BCUT2D eigenvalue weighted by Crippen LogP contribution is -2.02. The third kappa shape index (κ3) is 18.4. The van der Waals surface area contributed by atoms with Crippen LogP contribution in [-0.2, 0) is 14.4 Å². The standard InChI is InChI=1S/C5H10O.C2HClO3.ClH/c1-3-5(6)4-2;3-1(4)2(5)6;/h3-4H2,1-2H3;(H,5,6);1H. The van der Waals surface area contributed by atoms with E-state index in [0.29, 0.717) is 18.6 Å². The molecule has 0 aromatic rings. The highest BCUT2D eigenvalue weighted by Gasteiger charge is 2.02. The lowest BCUT2D eigenvalue weighted by atomic mass is 10.3. The van der Waals surface area contributed by atoms with E-state index >= 15 is 0 Å². The maximum Gasteiger partial charge on any atom is 0.388 e. The first-order chi connectivity index (χ1) is 5.45. The highest BCUT2D eigenvalue weighted by Crippen LogP contribution is 1.83. The summed E-state index contributed by atoms with van der Waals surface area (Å²) in [6.07, 6.45) is 1.38. The Bertz CT molecular complexity index is 161. The normalized spacial score (nSPS) is 7.31. The Hall–Kier alpha value is -0.610. The van der Waals surface area contributed by atoms with E-state index < -0.39 is 11.2 Å². The van der Waals surface area contributed by atoms with Crippen LogP contribution >= 0.6 is 24.0 Å². The van der Waals surface area contributed by atoms with E-state index in [0.717, 1.165) is 0 Å². The van der Waals surface area contributed by atoms with E-state index in [2.05, 4.69) is 11.6 Å². The van der Waals surface area contributed by atoms with Crippen LogP contribution in [0.15, 0.2) is 0 Å². The number of hydrogen-bond acceptors (Lipinski definition) is 3. The monoisotopic (exact) mass is 230 g/mol. The van der Waals surface area contributed by atoms with Gasteiger partial charge in [0.25, 0.3) is 0 Å². The zero-order valence-electron chi connectivity index (χ0n) is 7.37. The molecule has 0 aromatic carbocycles. The van der Waals surface area contributed by atoms with Gasteiger partial charge in [-0.05, 0) is 11.6 Å². The maximum absolute atomic E-state index is 10.2. The minimum atomic E-state index is -1.61. The maximum atomic E-state index is 10.2. The van der Waals surface area contributed by atoms with Crippen LogP contribution in [0.25, 0.3) is 0 Å². The molecular formula is C7H12Cl2O4. The highest BCUT2D eigenvalue weighted by atomic mass is 35.5. The molecule has 1 N–H and O–H groups in total. The number of aliphatic carboxylic acids is 1. The number of carboxylic acid groups (broad SMARTS) is 1.